The highest BCUT2D eigenvalue weighted by molar-refractivity contribution is 5.97. The van der Waals surface area contributed by atoms with Crippen LogP contribution in [-0.2, 0) is 9.53 Å². The minimum atomic E-state index is -0.634. The fourth-order valence-electron chi connectivity index (χ4n) is 1.64. The molecule has 0 saturated heterocycles. The highest BCUT2D eigenvalue weighted by Gasteiger charge is 2.27. The number of hydrogen-bond acceptors (Lipinski definition) is 4. The molecule has 1 rings (SSSR count). The van der Waals surface area contributed by atoms with E-state index in [-0.39, 0.29) is 23.7 Å². The number of aryl methyl sites for hydroxylation is 1. The number of ether oxygens (including phenoxy) is 1. The molecule has 5 nitrogen and oxygen atoms in total. The van der Waals surface area contributed by atoms with E-state index in [4.69, 9.17) is 10.5 Å². The summed E-state index contributed by atoms with van der Waals surface area (Å²) in [6, 6.07) is 4.44. The van der Waals surface area contributed by atoms with Gasteiger partial charge in [0.05, 0.1) is 18.7 Å². The Bertz CT molecular complexity index is 524. The zero-order valence-electron chi connectivity index (χ0n) is 13.0. The summed E-state index contributed by atoms with van der Waals surface area (Å²) in [6.45, 7) is 7.49. The molecule has 1 atom stereocenters. The molecular weight excluding hydrogens is 292 g/mol. The molecule has 118 valence electrons. The molecule has 1 aromatic rings. The van der Waals surface area contributed by atoms with Gasteiger partial charge in [0.1, 0.15) is 0 Å². The minimum absolute atomic E-state index is 0. The van der Waals surface area contributed by atoms with Crippen LogP contribution in [0.15, 0.2) is 18.2 Å². The maximum Gasteiger partial charge on any atom is 0.338 e. The molecule has 1 aromatic carbocycles. The SMILES string of the molecule is COC(=O)c1cc(NC(=O)[C@@H](N)C(C)(C)C)ccc1C.Cl. The lowest BCUT2D eigenvalue weighted by atomic mass is 9.87. The number of halogens is 1. The molecule has 6 heteroatoms. The number of carbonyl (C=O) groups excluding carboxylic acids is 2. The van der Waals surface area contributed by atoms with Gasteiger partial charge in [-0.25, -0.2) is 4.79 Å². The van der Waals surface area contributed by atoms with Crippen LogP contribution in [0.5, 0.6) is 0 Å². The fraction of sp³-hybridized carbons (Fsp3) is 0.467. The third-order valence-corrected chi connectivity index (χ3v) is 3.13. The predicted octanol–water partition coefficient (Wildman–Crippen LogP) is 2.52. The second-order valence-corrected chi connectivity index (χ2v) is 5.85. The van der Waals surface area contributed by atoms with Gasteiger partial charge in [0, 0.05) is 5.69 Å². The molecule has 0 spiro atoms. The number of nitrogens with two attached hydrogens (primary N) is 1. The summed E-state index contributed by atoms with van der Waals surface area (Å²) in [5, 5.41) is 2.72. The van der Waals surface area contributed by atoms with E-state index in [2.05, 4.69) is 5.32 Å². The fourth-order valence-corrected chi connectivity index (χ4v) is 1.64. The molecule has 0 aliphatic rings. The van der Waals surface area contributed by atoms with Gasteiger partial charge in [-0.3, -0.25) is 4.79 Å². The molecule has 0 aromatic heterocycles. The van der Waals surface area contributed by atoms with Crippen LogP contribution >= 0.6 is 12.4 Å². The van der Waals surface area contributed by atoms with Gasteiger partial charge in [-0.1, -0.05) is 26.8 Å². The van der Waals surface area contributed by atoms with E-state index >= 15 is 0 Å². The Kier molecular flexibility index (Phi) is 6.86. The second kappa shape index (κ2) is 7.43. The lowest BCUT2D eigenvalue weighted by molar-refractivity contribution is -0.119. The van der Waals surface area contributed by atoms with Gasteiger partial charge in [0.25, 0.3) is 0 Å². The molecule has 0 fully saturated rings. The maximum atomic E-state index is 12.0. The van der Waals surface area contributed by atoms with E-state index in [0.29, 0.717) is 11.3 Å². The number of methoxy groups -OCH3 is 1. The summed E-state index contributed by atoms with van der Waals surface area (Å²) < 4.78 is 4.70. The molecule has 1 amide bonds. The number of amides is 1. The lowest BCUT2D eigenvalue weighted by Gasteiger charge is -2.25. The normalized spacial score (nSPS) is 12.1. The summed E-state index contributed by atoms with van der Waals surface area (Å²) in [7, 11) is 1.32. The van der Waals surface area contributed by atoms with E-state index in [1.54, 1.807) is 25.1 Å². The quantitative estimate of drug-likeness (QED) is 0.840. The second-order valence-electron chi connectivity index (χ2n) is 5.85. The predicted molar refractivity (Wildman–Crippen MR) is 85.8 cm³/mol. The third-order valence-electron chi connectivity index (χ3n) is 3.13. The van der Waals surface area contributed by atoms with Crippen molar-refractivity contribution in [1.29, 1.82) is 0 Å². The van der Waals surface area contributed by atoms with Crippen LogP contribution in [0, 0.1) is 12.3 Å². The summed E-state index contributed by atoms with van der Waals surface area (Å²) in [4.78, 5) is 23.6. The number of esters is 1. The van der Waals surface area contributed by atoms with Crippen molar-refractivity contribution in [1.82, 2.24) is 0 Å². The zero-order chi connectivity index (χ0) is 15.5. The highest BCUT2D eigenvalue weighted by Crippen LogP contribution is 2.20. The maximum absolute atomic E-state index is 12.0. The summed E-state index contributed by atoms with van der Waals surface area (Å²) in [5.74, 6) is -0.712. The molecule has 0 saturated carbocycles. The van der Waals surface area contributed by atoms with Crippen molar-refractivity contribution in [2.45, 2.75) is 33.7 Å². The Labute approximate surface area is 131 Å². The van der Waals surface area contributed by atoms with Crippen molar-refractivity contribution in [3.05, 3.63) is 29.3 Å². The van der Waals surface area contributed by atoms with Gasteiger partial charge >= 0.3 is 5.97 Å². The van der Waals surface area contributed by atoms with Gasteiger partial charge < -0.3 is 15.8 Å². The first kappa shape index (κ1) is 19.4. The summed E-state index contributed by atoms with van der Waals surface area (Å²) in [6.07, 6.45) is 0. The standard InChI is InChI=1S/C15H22N2O3.ClH/c1-9-6-7-10(8-11(9)14(19)20-5)17-13(18)12(16)15(2,3)4;/h6-8,12H,16H2,1-5H3,(H,17,18);1H/t12-;/m1./s1. The van der Waals surface area contributed by atoms with Gasteiger partial charge in [-0.05, 0) is 30.0 Å². The Hall–Kier alpha value is -1.59. The van der Waals surface area contributed by atoms with E-state index in [9.17, 15) is 9.59 Å². The van der Waals surface area contributed by atoms with Crippen LogP contribution in [0.2, 0.25) is 0 Å². The topological polar surface area (TPSA) is 81.4 Å². The van der Waals surface area contributed by atoms with Gasteiger partial charge in [0.15, 0.2) is 0 Å². The number of rotatable bonds is 3. The van der Waals surface area contributed by atoms with Crippen molar-refractivity contribution in [3.63, 3.8) is 0 Å². The largest absolute Gasteiger partial charge is 0.465 e. The Morgan fingerprint density at radius 2 is 1.86 bits per heavy atom. The monoisotopic (exact) mass is 314 g/mol. The minimum Gasteiger partial charge on any atom is -0.465 e. The summed E-state index contributed by atoms with van der Waals surface area (Å²) >= 11 is 0. The highest BCUT2D eigenvalue weighted by atomic mass is 35.5. The lowest BCUT2D eigenvalue weighted by Crippen LogP contribution is -2.45. The molecule has 0 bridgehead atoms. The Balaban J connectivity index is 0.00000400. The molecule has 0 unspecified atom stereocenters. The Morgan fingerprint density at radius 1 is 1.29 bits per heavy atom. The zero-order valence-corrected chi connectivity index (χ0v) is 13.8. The molecule has 21 heavy (non-hydrogen) atoms. The molecule has 0 aliphatic carbocycles. The number of carbonyl (C=O) groups is 2. The van der Waals surface area contributed by atoms with Crippen molar-refractivity contribution in [2.75, 3.05) is 12.4 Å². The van der Waals surface area contributed by atoms with E-state index < -0.39 is 12.0 Å². The molecule has 0 heterocycles. The number of benzene rings is 1. The van der Waals surface area contributed by atoms with Crippen LogP contribution in [0.3, 0.4) is 0 Å². The van der Waals surface area contributed by atoms with Crippen molar-refractivity contribution >= 4 is 30.0 Å². The third kappa shape index (κ3) is 5.02. The van der Waals surface area contributed by atoms with Crippen LogP contribution < -0.4 is 11.1 Å². The van der Waals surface area contributed by atoms with Gasteiger partial charge in [-0.2, -0.15) is 0 Å². The van der Waals surface area contributed by atoms with Crippen LogP contribution in [0.25, 0.3) is 0 Å². The first-order chi connectivity index (χ1) is 9.16. The average Bonchev–Trinajstić information content (AvgIpc) is 2.38. The van der Waals surface area contributed by atoms with E-state index in [1.807, 2.05) is 20.8 Å². The van der Waals surface area contributed by atoms with Crippen molar-refractivity contribution in [3.8, 4) is 0 Å². The van der Waals surface area contributed by atoms with Crippen molar-refractivity contribution in [2.24, 2.45) is 11.1 Å². The molecule has 0 radical (unpaired) electrons. The average molecular weight is 315 g/mol. The van der Waals surface area contributed by atoms with Crippen LogP contribution in [0.4, 0.5) is 5.69 Å². The number of nitrogens with one attached hydrogen (secondary N) is 1. The van der Waals surface area contributed by atoms with E-state index in [1.165, 1.54) is 7.11 Å². The molecule has 0 aliphatic heterocycles. The smallest absolute Gasteiger partial charge is 0.338 e. The molecule has 3 N–H and O–H groups in total. The number of hydrogen-bond donors (Lipinski definition) is 2. The Morgan fingerprint density at radius 3 is 2.33 bits per heavy atom. The first-order valence-electron chi connectivity index (χ1n) is 6.42. The number of anilines is 1. The van der Waals surface area contributed by atoms with E-state index in [0.717, 1.165) is 5.56 Å². The van der Waals surface area contributed by atoms with Crippen molar-refractivity contribution < 1.29 is 14.3 Å². The van der Waals surface area contributed by atoms with Crippen LogP contribution in [-0.4, -0.2) is 25.0 Å². The van der Waals surface area contributed by atoms with Crippen LogP contribution in [0.1, 0.15) is 36.7 Å². The van der Waals surface area contributed by atoms with Gasteiger partial charge in [0.2, 0.25) is 5.91 Å². The first-order valence-corrected chi connectivity index (χ1v) is 6.42. The molecular formula is C15H23ClN2O3. The summed E-state index contributed by atoms with van der Waals surface area (Å²) in [5.41, 5.74) is 7.30. The van der Waals surface area contributed by atoms with Gasteiger partial charge in [-0.15, -0.1) is 12.4 Å².